The molecule has 1 saturated heterocycles. The fourth-order valence-electron chi connectivity index (χ4n) is 2.57. The van der Waals surface area contributed by atoms with Crippen LogP contribution in [0, 0.1) is 11.7 Å². The summed E-state index contributed by atoms with van der Waals surface area (Å²) in [6.07, 6.45) is 1.22. The number of piperidine rings is 1. The Morgan fingerprint density at radius 3 is 2.95 bits per heavy atom. The van der Waals surface area contributed by atoms with E-state index >= 15 is 0 Å². The Hall–Kier alpha value is -1.13. The van der Waals surface area contributed by atoms with Gasteiger partial charge in [0.05, 0.1) is 10.9 Å². The third kappa shape index (κ3) is 3.25. The molecule has 0 spiro atoms. The number of halogens is 2. The van der Waals surface area contributed by atoms with Crippen molar-refractivity contribution in [3.63, 3.8) is 0 Å². The van der Waals surface area contributed by atoms with Crippen molar-refractivity contribution in [2.45, 2.75) is 32.4 Å². The van der Waals surface area contributed by atoms with Crippen LogP contribution >= 0.6 is 11.6 Å². The van der Waals surface area contributed by atoms with E-state index in [0.717, 1.165) is 0 Å². The van der Waals surface area contributed by atoms with Crippen molar-refractivity contribution in [2.24, 2.45) is 5.92 Å². The molecule has 0 radical (unpaired) electrons. The van der Waals surface area contributed by atoms with E-state index in [1.54, 1.807) is 12.1 Å². The normalized spacial score (nSPS) is 24.4. The van der Waals surface area contributed by atoms with Crippen LogP contribution in [0.25, 0.3) is 0 Å². The summed E-state index contributed by atoms with van der Waals surface area (Å²) in [4.78, 5) is 13.1. The molecular formula is C14H17ClFNO2. The number of benzene rings is 1. The minimum Gasteiger partial charge on any atom is -0.481 e. The molecule has 1 aliphatic rings. The number of carboxylic acids is 1. The maximum absolute atomic E-state index is 13.8. The zero-order chi connectivity index (χ0) is 14.0. The summed E-state index contributed by atoms with van der Waals surface area (Å²) in [6.45, 7) is 3.13. The van der Waals surface area contributed by atoms with Gasteiger partial charge in [-0.25, -0.2) is 4.39 Å². The fourth-order valence-corrected chi connectivity index (χ4v) is 2.76. The molecule has 19 heavy (non-hydrogen) atoms. The van der Waals surface area contributed by atoms with Crippen LogP contribution in [0.1, 0.15) is 25.3 Å². The highest BCUT2D eigenvalue weighted by molar-refractivity contribution is 6.30. The van der Waals surface area contributed by atoms with Crippen molar-refractivity contribution in [3.8, 4) is 0 Å². The standard InChI is InChI=1S/C14H17ClFNO2/c1-9-7-10(14(18)19)5-6-17(9)8-11-3-2-4-12(15)13(11)16/h2-4,9-10H,5-8H2,1H3,(H,18,19)/t9-,10-/m0/s1. The minimum atomic E-state index is -0.736. The number of aliphatic carboxylic acids is 1. The molecule has 1 aromatic carbocycles. The predicted octanol–water partition coefficient (Wildman–Crippen LogP) is 3.16. The van der Waals surface area contributed by atoms with Crippen LogP contribution in [0.2, 0.25) is 5.02 Å². The van der Waals surface area contributed by atoms with E-state index in [2.05, 4.69) is 4.90 Å². The maximum Gasteiger partial charge on any atom is 0.306 e. The van der Waals surface area contributed by atoms with Gasteiger partial charge < -0.3 is 5.11 Å². The van der Waals surface area contributed by atoms with E-state index in [0.29, 0.717) is 31.5 Å². The summed E-state index contributed by atoms with van der Waals surface area (Å²) in [5, 5.41) is 9.15. The first-order chi connectivity index (χ1) is 8.99. The first-order valence-electron chi connectivity index (χ1n) is 6.38. The van der Waals surface area contributed by atoms with Gasteiger partial charge in [0.15, 0.2) is 0 Å². The smallest absolute Gasteiger partial charge is 0.306 e. The van der Waals surface area contributed by atoms with Gasteiger partial charge in [0.25, 0.3) is 0 Å². The molecule has 104 valence electrons. The Morgan fingerprint density at radius 2 is 2.32 bits per heavy atom. The van der Waals surface area contributed by atoms with E-state index in [1.165, 1.54) is 6.07 Å². The Morgan fingerprint density at radius 1 is 1.58 bits per heavy atom. The van der Waals surface area contributed by atoms with Gasteiger partial charge in [-0.1, -0.05) is 23.7 Å². The second-order valence-electron chi connectivity index (χ2n) is 5.09. The average molecular weight is 286 g/mol. The summed E-state index contributed by atoms with van der Waals surface area (Å²) < 4.78 is 13.8. The molecule has 1 fully saturated rings. The molecule has 2 atom stereocenters. The lowest BCUT2D eigenvalue weighted by Gasteiger charge is -2.36. The molecule has 1 heterocycles. The van der Waals surface area contributed by atoms with Crippen molar-refractivity contribution in [3.05, 3.63) is 34.6 Å². The molecule has 1 aliphatic heterocycles. The molecule has 1 aromatic rings. The quantitative estimate of drug-likeness (QED) is 0.927. The van der Waals surface area contributed by atoms with Crippen LogP contribution < -0.4 is 0 Å². The highest BCUT2D eigenvalue weighted by Crippen LogP contribution is 2.26. The molecule has 0 aliphatic carbocycles. The minimum absolute atomic E-state index is 0.130. The second-order valence-corrected chi connectivity index (χ2v) is 5.50. The SMILES string of the molecule is C[C@H]1C[C@@H](C(=O)O)CCN1Cc1cccc(Cl)c1F. The van der Waals surface area contributed by atoms with Gasteiger partial charge in [0, 0.05) is 18.2 Å². The zero-order valence-corrected chi connectivity index (χ0v) is 11.5. The van der Waals surface area contributed by atoms with Gasteiger partial charge in [-0.3, -0.25) is 9.69 Å². The first-order valence-corrected chi connectivity index (χ1v) is 6.76. The van der Waals surface area contributed by atoms with E-state index in [4.69, 9.17) is 16.7 Å². The molecule has 0 aromatic heterocycles. The lowest BCUT2D eigenvalue weighted by atomic mass is 9.91. The van der Waals surface area contributed by atoms with Crippen LogP contribution in [-0.2, 0) is 11.3 Å². The maximum atomic E-state index is 13.8. The van der Waals surface area contributed by atoms with Gasteiger partial charge in [-0.15, -0.1) is 0 Å². The Bertz CT molecular complexity index is 481. The number of nitrogens with zero attached hydrogens (tertiary/aromatic N) is 1. The molecule has 1 N–H and O–H groups in total. The number of hydrogen-bond donors (Lipinski definition) is 1. The van der Waals surface area contributed by atoms with Crippen molar-refractivity contribution in [1.82, 2.24) is 4.90 Å². The van der Waals surface area contributed by atoms with Gasteiger partial charge in [-0.05, 0) is 32.4 Å². The van der Waals surface area contributed by atoms with Crippen LogP contribution in [0.4, 0.5) is 4.39 Å². The largest absolute Gasteiger partial charge is 0.481 e. The van der Waals surface area contributed by atoms with Crippen molar-refractivity contribution in [2.75, 3.05) is 6.54 Å². The van der Waals surface area contributed by atoms with E-state index in [-0.39, 0.29) is 22.8 Å². The molecule has 0 unspecified atom stereocenters. The monoisotopic (exact) mass is 285 g/mol. The van der Waals surface area contributed by atoms with Crippen molar-refractivity contribution < 1.29 is 14.3 Å². The number of rotatable bonds is 3. The van der Waals surface area contributed by atoms with Crippen LogP contribution in [0.15, 0.2) is 18.2 Å². The average Bonchev–Trinajstić information content (AvgIpc) is 2.37. The summed E-state index contributed by atoms with van der Waals surface area (Å²) in [5.41, 5.74) is 0.563. The van der Waals surface area contributed by atoms with Gasteiger partial charge in [-0.2, -0.15) is 0 Å². The number of carbonyl (C=O) groups is 1. The third-order valence-corrected chi connectivity index (χ3v) is 4.06. The molecule has 3 nitrogen and oxygen atoms in total. The van der Waals surface area contributed by atoms with Crippen molar-refractivity contribution in [1.29, 1.82) is 0 Å². The van der Waals surface area contributed by atoms with E-state index in [9.17, 15) is 9.18 Å². The van der Waals surface area contributed by atoms with Crippen molar-refractivity contribution >= 4 is 17.6 Å². The predicted molar refractivity (Wildman–Crippen MR) is 71.6 cm³/mol. The Labute approximate surface area is 117 Å². The van der Waals surface area contributed by atoms with Crippen LogP contribution in [0.5, 0.6) is 0 Å². The van der Waals surface area contributed by atoms with Gasteiger partial charge >= 0.3 is 5.97 Å². The summed E-state index contributed by atoms with van der Waals surface area (Å²) in [6, 6.07) is 5.11. The van der Waals surface area contributed by atoms with E-state index in [1.807, 2.05) is 6.92 Å². The topological polar surface area (TPSA) is 40.5 Å². The molecular weight excluding hydrogens is 269 g/mol. The van der Waals surface area contributed by atoms with E-state index < -0.39 is 5.97 Å². The molecule has 2 rings (SSSR count). The molecule has 5 heteroatoms. The first kappa shape index (κ1) is 14.3. The Balaban J connectivity index is 2.04. The molecule has 0 amide bonds. The highest BCUT2D eigenvalue weighted by atomic mass is 35.5. The van der Waals surface area contributed by atoms with Gasteiger partial charge in [0.2, 0.25) is 0 Å². The number of carboxylic acid groups (broad SMARTS) is 1. The zero-order valence-electron chi connectivity index (χ0n) is 10.8. The molecule has 0 bridgehead atoms. The Kier molecular flexibility index (Phi) is 4.42. The second kappa shape index (κ2) is 5.88. The number of likely N-dealkylation sites (tertiary alicyclic amines) is 1. The lowest BCUT2D eigenvalue weighted by Crippen LogP contribution is -2.42. The molecule has 0 saturated carbocycles. The third-order valence-electron chi connectivity index (χ3n) is 3.77. The van der Waals surface area contributed by atoms with Crippen LogP contribution in [0.3, 0.4) is 0 Å². The van der Waals surface area contributed by atoms with Gasteiger partial charge in [0.1, 0.15) is 5.82 Å². The summed E-state index contributed by atoms with van der Waals surface area (Å²) >= 11 is 5.76. The van der Waals surface area contributed by atoms with Crippen LogP contribution in [-0.4, -0.2) is 28.6 Å². The summed E-state index contributed by atoms with van der Waals surface area (Å²) in [7, 11) is 0. The number of hydrogen-bond acceptors (Lipinski definition) is 2. The highest BCUT2D eigenvalue weighted by Gasteiger charge is 2.29. The lowest BCUT2D eigenvalue weighted by molar-refractivity contribution is -0.144. The summed E-state index contributed by atoms with van der Waals surface area (Å²) in [5.74, 6) is -1.40. The fraction of sp³-hybridized carbons (Fsp3) is 0.500.